The van der Waals surface area contributed by atoms with E-state index in [0.29, 0.717) is 27.1 Å². The van der Waals surface area contributed by atoms with E-state index in [2.05, 4.69) is 0 Å². The molecule has 2 aromatic rings. The maximum atomic E-state index is 12.9. The van der Waals surface area contributed by atoms with E-state index < -0.39 is 16.6 Å². The third kappa shape index (κ3) is 4.30. The minimum atomic E-state index is -1.10. The van der Waals surface area contributed by atoms with E-state index in [0.717, 1.165) is 5.56 Å². The van der Waals surface area contributed by atoms with Gasteiger partial charge in [-0.15, -0.1) is 0 Å². The molecule has 0 aliphatic heterocycles. The molecule has 19 heavy (non-hydrogen) atoms. The Morgan fingerprint density at radius 1 is 1.00 bits per heavy atom. The Balaban J connectivity index is 2.03. The van der Waals surface area contributed by atoms with Gasteiger partial charge in [-0.25, -0.2) is 4.39 Å². The zero-order valence-electron chi connectivity index (χ0n) is 9.91. The molecule has 0 heterocycles. The molecule has 100 valence electrons. The van der Waals surface area contributed by atoms with Crippen LogP contribution in [0.25, 0.3) is 0 Å². The molecule has 1 nitrogen and oxygen atoms in total. The van der Waals surface area contributed by atoms with Crippen LogP contribution < -0.4 is 0 Å². The van der Waals surface area contributed by atoms with Crippen molar-refractivity contribution in [3.8, 4) is 0 Å². The lowest BCUT2D eigenvalue weighted by atomic mass is 10.2. The molecule has 0 fully saturated rings. The van der Waals surface area contributed by atoms with Crippen LogP contribution in [-0.4, -0.2) is 4.21 Å². The largest absolute Gasteiger partial charge is 0.259 e. The summed E-state index contributed by atoms with van der Waals surface area (Å²) in [6.45, 7) is 0. The molecule has 0 bridgehead atoms. The lowest BCUT2D eigenvalue weighted by molar-refractivity contribution is 0.627. The van der Waals surface area contributed by atoms with Gasteiger partial charge in [0.15, 0.2) is 0 Å². The SMILES string of the molecule is O=[S@](Cc1ccc(Cl)cc1)Cc1ccc(F)cc1Cl. The van der Waals surface area contributed by atoms with Crippen molar-refractivity contribution in [2.75, 3.05) is 0 Å². The second-order valence-corrected chi connectivity index (χ2v) is 6.39. The lowest BCUT2D eigenvalue weighted by Gasteiger charge is -2.05. The fraction of sp³-hybridized carbons (Fsp3) is 0.143. The van der Waals surface area contributed by atoms with Crippen molar-refractivity contribution in [2.45, 2.75) is 11.5 Å². The molecule has 5 heteroatoms. The standard InChI is InChI=1S/C14H11Cl2FOS/c15-12-4-1-10(2-5-12)8-19(18)9-11-3-6-13(17)7-14(11)16/h1-7H,8-9H2/t19-/m1/s1. The predicted molar refractivity (Wildman–Crippen MR) is 78.4 cm³/mol. The third-order valence-corrected chi connectivity index (χ3v) is 4.46. The van der Waals surface area contributed by atoms with Gasteiger partial charge in [0.25, 0.3) is 0 Å². The van der Waals surface area contributed by atoms with Crippen LogP contribution >= 0.6 is 23.2 Å². The number of hydrogen-bond acceptors (Lipinski definition) is 1. The summed E-state index contributed by atoms with van der Waals surface area (Å²) in [5.74, 6) is 0.337. The van der Waals surface area contributed by atoms with E-state index in [-0.39, 0.29) is 0 Å². The maximum absolute atomic E-state index is 12.9. The number of benzene rings is 2. The van der Waals surface area contributed by atoms with E-state index >= 15 is 0 Å². The summed E-state index contributed by atoms with van der Waals surface area (Å²) >= 11 is 11.7. The van der Waals surface area contributed by atoms with Crippen molar-refractivity contribution in [1.29, 1.82) is 0 Å². The molecule has 0 spiro atoms. The van der Waals surface area contributed by atoms with Gasteiger partial charge in [-0.1, -0.05) is 41.4 Å². The number of hydrogen-bond donors (Lipinski definition) is 0. The van der Waals surface area contributed by atoms with E-state index in [1.54, 1.807) is 18.2 Å². The van der Waals surface area contributed by atoms with Gasteiger partial charge in [-0.05, 0) is 35.4 Å². The summed E-state index contributed by atoms with van der Waals surface area (Å²) < 4.78 is 24.9. The van der Waals surface area contributed by atoms with Crippen molar-refractivity contribution in [3.05, 3.63) is 69.5 Å². The molecule has 1 atom stereocenters. The minimum absolute atomic E-state index is 0.307. The predicted octanol–water partition coefficient (Wildman–Crippen LogP) is 4.58. The van der Waals surface area contributed by atoms with Crippen LogP contribution in [0.2, 0.25) is 10.0 Å². The Bertz CT molecular complexity index is 599. The van der Waals surface area contributed by atoms with Gasteiger partial charge in [0.05, 0.1) is 5.75 Å². The summed E-state index contributed by atoms with van der Waals surface area (Å²) in [6, 6.07) is 11.3. The smallest absolute Gasteiger partial charge is 0.124 e. The molecular weight excluding hydrogens is 306 g/mol. The highest BCUT2D eigenvalue weighted by atomic mass is 35.5. The Kier molecular flexibility index (Phi) is 4.97. The molecule has 0 saturated carbocycles. The monoisotopic (exact) mass is 316 g/mol. The Hall–Kier alpha value is -0.900. The summed E-state index contributed by atoms with van der Waals surface area (Å²) in [5.41, 5.74) is 1.64. The summed E-state index contributed by atoms with van der Waals surface area (Å²) in [7, 11) is -1.10. The zero-order chi connectivity index (χ0) is 13.8. The van der Waals surface area contributed by atoms with E-state index in [1.807, 2.05) is 12.1 Å². The molecular formula is C14H11Cl2FOS. The fourth-order valence-corrected chi connectivity index (χ4v) is 3.33. The highest BCUT2D eigenvalue weighted by Gasteiger charge is 2.07. The fourth-order valence-electron chi connectivity index (χ4n) is 1.63. The van der Waals surface area contributed by atoms with Crippen LogP contribution in [0.4, 0.5) is 4.39 Å². The van der Waals surface area contributed by atoms with Gasteiger partial charge in [-0.3, -0.25) is 4.21 Å². The molecule has 0 amide bonds. The lowest BCUT2D eigenvalue weighted by Crippen LogP contribution is -2.00. The van der Waals surface area contributed by atoms with E-state index in [4.69, 9.17) is 23.2 Å². The highest BCUT2D eigenvalue weighted by Crippen LogP contribution is 2.20. The van der Waals surface area contributed by atoms with Crippen LogP contribution in [-0.2, 0) is 22.3 Å². The van der Waals surface area contributed by atoms with Crippen molar-refractivity contribution < 1.29 is 8.60 Å². The summed E-state index contributed by atoms with van der Waals surface area (Å²) in [4.78, 5) is 0. The Morgan fingerprint density at radius 2 is 1.68 bits per heavy atom. The Labute approximate surface area is 123 Å². The van der Waals surface area contributed by atoms with Gasteiger partial charge in [0.2, 0.25) is 0 Å². The van der Waals surface area contributed by atoms with Gasteiger partial charge in [0.1, 0.15) is 5.82 Å². The molecule has 0 unspecified atom stereocenters. The third-order valence-electron chi connectivity index (χ3n) is 2.57. The molecule has 2 aromatic carbocycles. The maximum Gasteiger partial charge on any atom is 0.124 e. The first-order valence-electron chi connectivity index (χ1n) is 5.58. The van der Waals surface area contributed by atoms with Crippen molar-refractivity contribution >= 4 is 34.0 Å². The average Bonchev–Trinajstić information content (AvgIpc) is 2.36. The van der Waals surface area contributed by atoms with Crippen LogP contribution in [0.3, 0.4) is 0 Å². The molecule has 0 saturated heterocycles. The second kappa shape index (κ2) is 6.51. The van der Waals surface area contributed by atoms with E-state index in [9.17, 15) is 8.60 Å². The van der Waals surface area contributed by atoms with Gasteiger partial charge < -0.3 is 0 Å². The molecule has 0 aromatic heterocycles. The van der Waals surface area contributed by atoms with Crippen LogP contribution in [0.1, 0.15) is 11.1 Å². The van der Waals surface area contributed by atoms with Crippen molar-refractivity contribution in [2.24, 2.45) is 0 Å². The van der Waals surface area contributed by atoms with Gasteiger partial charge >= 0.3 is 0 Å². The normalized spacial score (nSPS) is 12.4. The van der Waals surface area contributed by atoms with Gasteiger partial charge in [-0.2, -0.15) is 0 Å². The topological polar surface area (TPSA) is 17.1 Å². The van der Waals surface area contributed by atoms with Crippen LogP contribution in [0.5, 0.6) is 0 Å². The molecule has 0 radical (unpaired) electrons. The summed E-state index contributed by atoms with van der Waals surface area (Å²) in [6.07, 6.45) is 0. The van der Waals surface area contributed by atoms with E-state index in [1.165, 1.54) is 12.1 Å². The van der Waals surface area contributed by atoms with Crippen molar-refractivity contribution in [3.63, 3.8) is 0 Å². The minimum Gasteiger partial charge on any atom is -0.259 e. The average molecular weight is 317 g/mol. The quantitative estimate of drug-likeness (QED) is 0.806. The first-order chi connectivity index (χ1) is 9.04. The molecule has 0 aliphatic carbocycles. The Morgan fingerprint density at radius 3 is 2.32 bits per heavy atom. The molecule has 2 rings (SSSR count). The number of rotatable bonds is 4. The van der Waals surface area contributed by atoms with Crippen molar-refractivity contribution in [1.82, 2.24) is 0 Å². The first kappa shape index (κ1) is 14.5. The first-order valence-corrected chi connectivity index (χ1v) is 7.82. The number of halogens is 3. The molecule has 0 aliphatic rings. The summed E-state index contributed by atoms with van der Waals surface area (Å²) in [5, 5.41) is 0.959. The van der Waals surface area contributed by atoms with Gasteiger partial charge in [0, 0.05) is 26.6 Å². The van der Waals surface area contributed by atoms with Crippen LogP contribution in [0, 0.1) is 5.82 Å². The molecule has 0 N–H and O–H groups in total. The second-order valence-electron chi connectivity index (χ2n) is 4.09. The van der Waals surface area contributed by atoms with Crippen LogP contribution in [0.15, 0.2) is 42.5 Å². The zero-order valence-corrected chi connectivity index (χ0v) is 12.2. The highest BCUT2D eigenvalue weighted by molar-refractivity contribution is 7.83.